The standard InChI is InChI=1S/C19H14ClNO3/c20-16-4-2-1-3-13(16)14-10-15(14)19(23)21-12-6-7-17-11(9-12)5-8-18(22)24-17/h1-9,14-15H,10H2,(H,21,23). The van der Waals surface area contributed by atoms with Crippen LogP contribution >= 0.6 is 11.6 Å². The Bertz CT molecular complexity index is 995. The molecule has 1 aliphatic rings. The van der Waals surface area contributed by atoms with E-state index in [1.54, 1.807) is 24.3 Å². The lowest BCUT2D eigenvalue weighted by Crippen LogP contribution is -2.14. The van der Waals surface area contributed by atoms with E-state index in [1.165, 1.54) is 6.07 Å². The minimum absolute atomic E-state index is 0.0170. The Morgan fingerprint density at radius 1 is 1.12 bits per heavy atom. The summed E-state index contributed by atoms with van der Waals surface area (Å²) in [6.07, 6.45) is 0.804. The number of hydrogen-bond donors (Lipinski definition) is 1. The van der Waals surface area contributed by atoms with Gasteiger partial charge in [0.15, 0.2) is 0 Å². The Kier molecular flexibility index (Phi) is 3.62. The molecule has 1 amide bonds. The van der Waals surface area contributed by atoms with Crippen LogP contribution in [0.3, 0.4) is 0 Å². The first-order valence-electron chi connectivity index (χ1n) is 7.71. The first-order valence-corrected chi connectivity index (χ1v) is 8.09. The van der Waals surface area contributed by atoms with Gasteiger partial charge in [0.25, 0.3) is 0 Å². The van der Waals surface area contributed by atoms with Crippen molar-refractivity contribution in [2.24, 2.45) is 5.92 Å². The minimum atomic E-state index is -0.389. The summed E-state index contributed by atoms with van der Waals surface area (Å²) >= 11 is 6.20. The van der Waals surface area contributed by atoms with Crippen molar-refractivity contribution >= 4 is 34.2 Å². The lowest BCUT2D eigenvalue weighted by Gasteiger charge is -2.07. The van der Waals surface area contributed by atoms with E-state index in [9.17, 15) is 9.59 Å². The Morgan fingerprint density at radius 3 is 2.79 bits per heavy atom. The summed E-state index contributed by atoms with van der Waals surface area (Å²) in [4.78, 5) is 23.6. The van der Waals surface area contributed by atoms with Crippen molar-refractivity contribution in [3.05, 3.63) is 75.6 Å². The fourth-order valence-electron chi connectivity index (χ4n) is 2.99. The van der Waals surface area contributed by atoms with Crippen LogP contribution in [0.4, 0.5) is 5.69 Å². The van der Waals surface area contributed by atoms with Gasteiger partial charge in [-0.25, -0.2) is 4.79 Å². The molecular weight excluding hydrogens is 326 g/mol. The van der Waals surface area contributed by atoms with Crippen LogP contribution in [0.15, 0.2) is 63.8 Å². The second-order valence-electron chi connectivity index (χ2n) is 5.97. The fourth-order valence-corrected chi connectivity index (χ4v) is 3.26. The zero-order valence-corrected chi connectivity index (χ0v) is 13.4. The lowest BCUT2D eigenvalue weighted by atomic mass is 10.1. The highest BCUT2D eigenvalue weighted by Gasteiger charge is 2.44. The highest BCUT2D eigenvalue weighted by molar-refractivity contribution is 6.31. The van der Waals surface area contributed by atoms with Crippen LogP contribution in [0.1, 0.15) is 17.9 Å². The van der Waals surface area contributed by atoms with E-state index >= 15 is 0 Å². The van der Waals surface area contributed by atoms with Gasteiger partial charge in [-0.3, -0.25) is 4.79 Å². The Balaban J connectivity index is 1.50. The molecule has 1 fully saturated rings. The van der Waals surface area contributed by atoms with E-state index in [0.29, 0.717) is 16.3 Å². The number of nitrogens with one attached hydrogen (secondary N) is 1. The van der Waals surface area contributed by atoms with Crippen LogP contribution in [0.2, 0.25) is 5.02 Å². The normalized spacial score (nSPS) is 19.2. The minimum Gasteiger partial charge on any atom is -0.423 e. The molecule has 3 aromatic rings. The van der Waals surface area contributed by atoms with Crippen molar-refractivity contribution in [3.8, 4) is 0 Å². The van der Waals surface area contributed by atoms with Gasteiger partial charge in [-0.2, -0.15) is 0 Å². The zero-order valence-electron chi connectivity index (χ0n) is 12.7. The van der Waals surface area contributed by atoms with Gasteiger partial charge in [-0.15, -0.1) is 0 Å². The summed E-state index contributed by atoms with van der Waals surface area (Å²) in [5, 5.41) is 4.40. The molecule has 0 aliphatic heterocycles. The average molecular weight is 340 g/mol. The molecule has 5 heteroatoms. The van der Waals surface area contributed by atoms with Crippen LogP contribution in [0, 0.1) is 5.92 Å². The summed E-state index contributed by atoms with van der Waals surface area (Å²) in [7, 11) is 0. The highest BCUT2D eigenvalue weighted by atomic mass is 35.5. The fraction of sp³-hybridized carbons (Fsp3) is 0.158. The largest absolute Gasteiger partial charge is 0.423 e. The molecular formula is C19H14ClNO3. The molecule has 2 unspecified atom stereocenters. The van der Waals surface area contributed by atoms with Crippen LogP contribution in [0.25, 0.3) is 11.0 Å². The van der Waals surface area contributed by atoms with E-state index < -0.39 is 0 Å². The SMILES string of the molecule is O=C(Nc1ccc2oc(=O)ccc2c1)C1CC1c1ccccc1Cl. The molecule has 4 nitrogen and oxygen atoms in total. The van der Waals surface area contributed by atoms with Crippen molar-refractivity contribution in [1.29, 1.82) is 0 Å². The number of anilines is 1. The van der Waals surface area contributed by atoms with Gasteiger partial charge >= 0.3 is 5.63 Å². The molecule has 2 aromatic carbocycles. The van der Waals surface area contributed by atoms with E-state index in [0.717, 1.165) is 17.4 Å². The van der Waals surface area contributed by atoms with E-state index in [-0.39, 0.29) is 23.4 Å². The molecule has 0 saturated heterocycles. The van der Waals surface area contributed by atoms with Crippen LogP contribution in [0.5, 0.6) is 0 Å². The number of hydrogen-bond acceptors (Lipinski definition) is 3. The molecule has 1 saturated carbocycles. The Hall–Kier alpha value is -2.59. The molecule has 4 rings (SSSR count). The zero-order chi connectivity index (χ0) is 16.7. The quantitative estimate of drug-likeness (QED) is 0.728. The van der Waals surface area contributed by atoms with Gasteiger partial charge < -0.3 is 9.73 Å². The van der Waals surface area contributed by atoms with Gasteiger partial charge in [-0.05, 0) is 48.2 Å². The maximum atomic E-state index is 12.4. The molecule has 1 aliphatic carbocycles. The van der Waals surface area contributed by atoms with Gasteiger partial charge in [-0.1, -0.05) is 29.8 Å². The number of halogens is 1. The molecule has 1 heterocycles. The second-order valence-corrected chi connectivity index (χ2v) is 6.37. The topological polar surface area (TPSA) is 59.3 Å². The van der Waals surface area contributed by atoms with E-state index in [4.69, 9.17) is 16.0 Å². The molecule has 0 spiro atoms. The number of carbonyl (C=O) groups is 1. The average Bonchev–Trinajstić information content (AvgIpc) is 3.36. The smallest absolute Gasteiger partial charge is 0.336 e. The Labute approximate surface area is 143 Å². The first kappa shape index (κ1) is 15.0. The van der Waals surface area contributed by atoms with Gasteiger partial charge in [0, 0.05) is 28.1 Å². The van der Waals surface area contributed by atoms with Gasteiger partial charge in [0.1, 0.15) is 5.58 Å². The summed E-state index contributed by atoms with van der Waals surface area (Å²) in [6.45, 7) is 0. The number of benzene rings is 2. The predicted molar refractivity (Wildman–Crippen MR) is 93.4 cm³/mol. The third-order valence-electron chi connectivity index (χ3n) is 4.32. The summed E-state index contributed by atoms with van der Waals surface area (Å²) in [6, 6.07) is 15.9. The third-order valence-corrected chi connectivity index (χ3v) is 4.66. The lowest BCUT2D eigenvalue weighted by molar-refractivity contribution is -0.117. The van der Waals surface area contributed by atoms with Gasteiger partial charge in [0.05, 0.1) is 0 Å². The van der Waals surface area contributed by atoms with Gasteiger partial charge in [0.2, 0.25) is 5.91 Å². The number of fused-ring (bicyclic) bond motifs is 1. The summed E-state index contributed by atoms with van der Waals surface area (Å²) in [5.41, 5.74) is 1.83. The molecule has 2 atom stereocenters. The van der Waals surface area contributed by atoms with Crippen LogP contribution in [-0.2, 0) is 4.79 Å². The van der Waals surface area contributed by atoms with Crippen molar-refractivity contribution in [2.45, 2.75) is 12.3 Å². The van der Waals surface area contributed by atoms with Crippen molar-refractivity contribution in [3.63, 3.8) is 0 Å². The Morgan fingerprint density at radius 2 is 1.96 bits per heavy atom. The number of carbonyl (C=O) groups excluding carboxylic acids is 1. The van der Waals surface area contributed by atoms with E-state index in [2.05, 4.69) is 5.32 Å². The third kappa shape index (κ3) is 2.81. The molecule has 1 aromatic heterocycles. The molecule has 0 radical (unpaired) electrons. The van der Waals surface area contributed by atoms with Crippen LogP contribution < -0.4 is 10.9 Å². The van der Waals surface area contributed by atoms with Crippen LogP contribution in [-0.4, -0.2) is 5.91 Å². The summed E-state index contributed by atoms with van der Waals surface area (Å²) in [5.74, 6) is 0.100. The second kappa shape index (κ2) is 5.80. The molecule has 1 N–H and O–H groups in total. The number of amides is 1. The maximum absolute atomic E-state index is 12.4. The first-order chi connectivity index (χ1) is 11.6. The summed E-state index contributed by atoms with van der Waals surface area (Å²) < 4.78 is 5.09. The monoisotopic (exact) mass is 339 g/mol. The number of rotatable bonds is 3. The molecule has 24 heavy (non-hydrogen) atoms. The predicted octanol–water partition coefficient (Wildman–Crippen LogP) is 4.19. The van der Waals surface area contributed by atoms with Crippen molar-refractivity contribution in [1.82, 2.24) is 0 Å². The highest BCUT2D eigenvalue weighted by Crippen LogP contribution is 2.50. The maximum Gasteiger partial charge on any atom is 0.336 e. The molecule has 0 bridgehead atoms. The van der Waals surface area contributed by atoms with E-state index in [1.807, 2.05) is 24.3 Å². The molecule has 120 valence electrons. The van der Waals surface area contributed by atoms with Crippen molar-refractivity contribution in [2.75, 3.05) is 5.32 Å². The van der Waals surface area contributed by atoms with Crippen molar-refractivity contribution < 1.29 is 9.21 Å².